The molecule has 23 heavy (non-hydrogen) atoms. The van der Waals surface area contributed by atoms with E-state index in [-0.39, 0.29) is 5.69 Å². The second-order valence-corrected chi connectivity index (χ2v) is 5.76. The largest absolute Gasteiger partial charge is 0.418 e. The van der Waals surface area contributed by atoms with Crippen LogP contribution in [0, 0.1) is 0 Å². The maximum absolute atomic E-state index is 12.6. The van der Waals surface area contributed by atoms with Crippen molar-refractivity contribution in [1.82, 2.24) is 15.3 Å². The molecule has 2 N–H and O–H groups in total. The zero-order valence-corrected chi connectivity index (χ0v) is 12.7. The average molecular weight is 332 g/mol. The molecule has 9 heteroatoms. The quantitative estimate of drug-likeness (QED) is 0.874. The first-order chi connectivity index (χ1) is 10.7. The van der Waals surface area contributed by atoms with Gasteiger partial charge in [0.1, 0.15) is 17.8 Å². The zero-order valence-electron chi connectivity index (χ0n) is 12.7. The van der Waals surface area contributed by atoms with Gasteiger partial charge in [-0.2, -0.15) is 13.2 Å². The molecule has 0 aliphatic carbocycles. The number of piperidine rings is 1. The molecule has 2 rings (SSSR count). The molecule has 1 atom stereocenters. The van der Waals surface area contributed by atoms with Crippen LogP contribution in [0.1, 0.15) is 36.7 Å². The lowest BCUT2D eigenvalue weighted by Gasteiger charge is -2.28. The molecule has 0 bridgehead atoms. The number of aliphatic hydroxyl groups is 1. The summed E-state index contributed by atoms with van der Waals surface area (Å²) in [5.41, 5.74) is -3.02. The summed E-state index contributed by atoms with van der Waals surface area (Å²) in [7, 11) is 0. The minimum Gasteiger partial charge on any atom is -0.379 e. The molecule has 1 saturated heterocycles. The summed E-state index contributed by atoms with van der Waals surface area (Å²) < 4.78 is 37.7. The molecule has 0 spiro atoms. The molecule has 1 aliphatic heterocycles. The molecule has 1 aromatic heterocycles. The Bertz CT molecular complexity index is 557. The smallest absolute Gasteiger partial charge is 0.379 e. The van der Waals surface area contributed by atoms with Crippen molar-refractivity contribution in [3.05, 3.63) is 18.1 Å². The van der Waals surface area contributed by atoms with Crippen LogP contribution in [0.3, 0.4) is 0 Å². The summed E-state index contributed by atoms with van der Waals surface area (Å²) >= 11 is 0. The van der Waals surface area contributed by atoms with Gasteiger partial charge in [-0.05, 0) is 26.2 Å². The Balaban J connectivity index is 2.02. The Morgan fingerprint density at radius 1 is 1.30 bits per heavy atom. The van der Waals surface area contributed by atoms with Gasteiger partial charge in [-0.25, -0.2) is 9.97 Å². The van der Waals surface area contributed by atoms with E-state index in [0.29, 0.717) is 12.7 Å². The molecule has 128 valence electrons. The molecule has 2 heterocycles. The maximum atomic E-state index is 12.6. The van der Waals surface area contributed by atoms with Crippen LogP contribution in [0.2, 0.25) is 0 Å². The molecule has 1 unspecified atom stereocenters. The molecular weight excluding hydrogens is 313 g/mol. The lowest BCUT2D eigenvalue weighted by atomic mass is 10.1. The maximum Gasteiger partial charge on any atom is 0.418 e. The van der Waals surface area contributed by atoms with Gasteiger partial charge < -0.3 is 15.3 Å². The highest BCUT2D eigenvalue weighted by Crippen LogP contribution is 2.29. The Kier molecular flexibility index (Phi) is 5.08. The highest BCUT2D eigenvalue weighted by atomic mass is 19.4. The van der Waals surface area contributed by atoms with Gasteiger partial charge in [0.25, 0.3) is 5.91 Å². The van der Waals surface area contributed by atoms with Crippen LogP contribution in [-0.2, 0) is 0 Å². The number of nitrogens with one attached hydrogen (secondary N) is 1. The van der Waals surface area contributed by atoms with Crippen LogP contribution in [-0.4, -0.2) is 52.4 Å². The standard InChI is InChI=1S/C14H19F3N4O2/c1-13(23,14(15,16)17)8-18-12(22)10-7-11(20-9-19-10)21-5-3-2-4-6-21/h7,9,23H,2-6,8H2,1H3,(H,18,22). The van der Waals surface area contributed by atoms with Gasteiger partial charge in [0, 0.05) is 19.2 Å². The topological polar surface area (TPSA) is 78.4 Å². The molecule has 1 aliphatic rings. The number of carbonyl (C=O) groups is 1. The lowest BCUT2D eigenvalue weighted by molar-refractivity contribution is -0.249. The molecule has 0 aromatic carbocycles. The predicted octanol–water partition coefficient (Wildman–Crippen LogP) is 1.51. The minimum absolute atomic E-state index is 0.0291. The fourth-order valence-corrected chi connectivity index (χ4v) is 2.21. The van der Waals surface area contributed by atoms with E-state index in [2.05, 4.69) is 15.3 Å². The third kappa shape index (κ3) is 4.31. The van der Waals surface area contributed by atoms with Gasteiger partial charge in [0.15, 0.2) is 5.60 Å². The van der Waals surface area contributed by atoms with Gasteiger partial charge >= 0.3 is 6.18 Å². The van der Waals surface area contributed by atoms with Crippen molar-refractivity contribution in [2.24, 2.45) is 0 Å². The van der Waals surface area contributed by atoms with E-state index in [4.69, 9.17) is 0 Å². The Morgan fingerprint density at radius 3 is 2.57 bits per heavy atom. The number of alkyl halides is 3. The minimum atomic E-state index is -4.83. The summed E-state index contributed by atoms with van der Waals surface area (Å²) in [4.78, 5) is 21.8. The molecule has 1 amide bonds. The van der Waals surface area contributed by atoms with Crippen molar-refractivity contribution in [3.8, 4) is 0 Å². The normalized spacial score (nSPS) is 18.4. The van der Waals surface area contributed by atoms with Gasteiger partial charge in [-0.3, -0.25) is 4.79 Å². The summed E-state index contributed by atoms with van der Waals surface area (Å²) in [6.45, 7) is 1.30. The first-order valence-electron chi connectivity index (χ1n) is 7.35. The number of rotatable bonds is 4. The van der Waals surface area contributed by atoms with Gasteiger partial charge in [-0.15, -0.1) is 0 Å². The van der Waals surface area contributed by atoms with E-state index in [1.165, 1.54) is 12.4 Å². The van der Waals surface area contributed by atoms with Crippen molar-refractivity contribution < 1.29 is 23.1 Å². The number of amides is 1. The Morgan fingerprint density at radius 2 is 1.96 bits per heavy atom. The van der Waals surface area contributed by atoms with E-state index in [1.807, 2.05) is 4.90 Å². The van der Waals surface area contributed by atoms with Crippen molar-refractivity contribution in [1.29, 1.82) is 0 Å². The van der Waals surface area contributed by atoms with E-state index in [1.54, 1.807) is 0 Å². The Hall–Kier alpha value is -1.90. The first-order valence-corrected chi connectivity index (χ1v) is 7.35. The average Bonchev–Trinajstić information content (AvgIpc) is 2.52. The Labute approximate surface area is 131 Å². The number of halogens is 3. The van der Waals surface area contributed by atoms with Crippen molar-refractivity contribution >= 4 is 11.7 Å². The summed E-state index contributed by atoms with van der Waals surface area (Å²) in [5.74, 6) is -0.206. The number of aromatic nitrogens is 2. The lowest BCUT2D eigenvalue weighted by Crippen LogP contribution is -2.51. The summed E-state index contributed by atoms with van der Waals surface area (Å²) in [6.07, 6.45) is -0.424. The molecule has 1 fully saturated rings. The number of anilines is 1. The fraction of sp³-hybridized carbons (Fsp3) is 0.643. The molecule has 1 aromatic rings. The van der Waals surface area contributed by atoms with Gasteiger partial charge in [-0.1, -0.05) is 0 Å². The van der Waals surface area contributed by atoms with Crippen molar-refractivity contribution in [3.63, 3.8) is 0 Å². The van der Waals surface area contributed by atoms with Gasteiger partial charge in [0.05, 0.1) is 6.54 Å². The van der Waals surface area contributed by atoms with Crippen molar-refractivity contribution in [2.75, 3.05) is 24.5 Å². The zero-order chi connectivity index (χ0) is 17.1. The van der Waals surface area contributed by atoms with Crippen LogP contribution in [0.25, 0.3) is 0 Å². The monoisotopic (exact) mass is 332 g/mol. The SMILES string of the molecule is CC(O)(CNC(=O)c1cc(N2CCCCC2)ncn1)C(F)(F)F. The first kappa shape index (κ1) is 17.5. The van der Waals surface area contributed by atoms with Crippen LogP contribution in [0.4, 0.5) is 19.0 Å². The van der Waals surface area contributed by atoms with Crippen molar-refractivity contribution in [2.45, 2.75) is 38.0 Å². The molecule has 6 nitrogen and oxygen atoms in total. The molecular formula is C14H19F3N4O2. The van der Waals surface area contributed by atoms with E-state index >= 15 is 0 Å². The van der Waals surface area contributed by atoms with E-state index < -0.39 is 24.2 Å². The summed E-state index contributed by atoms with van der Waals surface area (Å²) in [5, 5.41) is 11.4. The molecule has 0 saturated carbocycles. The number of hydrogen-bond acceptors (Lipinski definition) is 5. The predicted molar refractivity (Wildman–Crippen MR) is 77.1 cm³/mol. The fourth-order valence-electron chi connectivity index (χ4n) is 2.21. The van der Waals surface area contributed by atoms with Crippen LogP contribution in [0.15, 0.2) is 12.4 Å². The second kappa shape index (κ2) is 6.69. The number of hydrogen-bond donors (Lipinski definition) is 2. The highest BCUT2D eigenvalue weighted by Gasteiger charge is 2.49. The third-order valence-electron chi connectivity index (χ3n) is 3.77. The van der Waals surface area contributed by atoms with Gasteiger partial charge in [0.2, 0.25) is 0 Å². The molecule has 0 radical (unpaired) electrons. The number of carbonyl (C=O) groups excluding carboxylic acids is 1. The third-order valence-corrected chi connectivity index (χ3v) is 3.77. The summed E-state index contributed by atoms with van der Waals surface area (Å²) in [6, 6.07) is 1.45. The van der Waals surface area contributed by atoms with Crippen LogP contribution >= 0.6 is 0 Å². The second-order valence-electron chi connectivity index (χ2n) is 5.76. The van der Waals surface area contributed by atoms with E-state index in [9.17, 15) is 23.1 Å². The van der Waals surface area contributed by atoms with Crippen LogP contribution in [0.5, 0.6) is 0 Å². The van der Waals surface area contributed by atoms with E-state index in [0.717, 1.165) is 32.4 Å². The number of nitrogens with zero attached hydrogens (tertiary/aromatic N) is 3. The highest BCUT2D eigenvalue weighted by molar-refractivity contribution is 5.92. The van der Waals surface area contributed by atoms with Crippen LogP contribution < -0.4 is 10.2 Å².